The summed E-state index contributed by atoms with van der Waals surface area (Å²) in [6.45, 7) is 0. The van der Waals surface area contributed by atoms with E-state index in [0.29, 0.717) is 17.1 Å². The van der Waals surface area contributed by atoms with E-state index in [1.165, 1.54) is 11.1 Å². The molecule has 0 aliphatic carbocycles. The fourth-order valence-electron chi connectivity index (χ4n) is 7.18. The molecule has 7 aromatic carbocycles. The van der Waals surface area contributed by atoms with Crippen molar-refractivity contribution in [1.29, 1.82) is 0 Å². The standard InChI is InChI=1S/C45H27N3O/c1-2-11-28(12-3-1)34-17-4-5-18-35(34)29-13-8-15-32(25-29)43-46-44-33-16-9-14-30(26-33)36-19-6-7-20-37(36)31-23-24-40-39(27-31)42-38(45(47-43)48-44)21-10-22-41(42)49-40/h1-27H. The van der Waals surface area contributed by atoms with Gasteiger partial charge in [-0.25, -0.2) is 15.0 Å². The van der Waals surface area contributed by atoms with E-state index in [1.54, 1.807) is 0 Å². The van der Waals surface area contributed by atoms with E-state index < -0.39 is 0 Å². The van der Waals surface area contributed by atoms with E-state index in [-0.39, 0.29) is 0 Å². The van der Waals surface area contributed by atoms with Gasteiger partial charge in [0, 0.05) is 27.1 Å². The maximum absolute atomic E-state index is 6.40. The SMILES string of the molecule is c1ccc(-c2ccccc2-c2cccc(-c3nc4nc(n3)c3cccc5oc6ccc(cc6c53)c3ccccc3c3cccc4c3)c2)cc1. The van der Waals surface area contributed by atoms with Gasteiger partial charge in [-0.3, -0.25) is 0 Å². The van der Waals surface area contributed by atoms with Crippen LogP contribution in [0, 0.1) is 0 Å². The summed E-state index contributed by atoms with van der Waals surface area (Å²) in [6.07, 6.45) is 0. The molecule has 6 bridgehead atoms. The van der Waals surface area contributed by atoms with Gasteiger partial charge >= 0.3 is 0 Å². The van der Waals surface area contributed by atoms with Crippen LogP contribution in [0.25, 0.3) is 99.2 Å². The van der Waals surface area contributed by atoms with E-state index in [1.807, 2.05) is 18.2 Å². The zero-order chi connectivity index (χ0) is 32.3. The van der Waals surface area contributed by atoms with Crippen LogP contribution in [-0.2, 0) is 0 Å². The third-order valence-corrected chi connectivity index (χ3v) is 9.48. The van der Waals surface area contributed by atoms with Gasteiger partial charge in [-0.05, 0) is 74.1 Å². The number of hydrogen-bond donors (Lipinski definition) is 0. The molecule has 0 aliphatic rings. The Labute approximate surface area is 281 Å². The molecule has 0 atom stereocenters. The molecule has 4 heteroatoms. The van der Waals surface area contributed by atoms with Gasteiger partial charge in [0.2, 0.25) is 0 Å². The minimum absolute atomic E-state index is 0.607. The summed E-state index contributed by atoms with van der Waals surface area (Å²) in [5.74, 6) is 0.616. The minimum Gasteiger partial charge on any atom is -0.456 e. The molecule has 0 spiro atoms. The predicted octanol–water partition coefficient (Wildman–Crippen LogP) is 11.9. The smallest absolute Gasteiger partial charge is 0.164 e. The summed E-state index contributed by atoms with van der Waals surface area (Å²) in [5, 5.41) is 8.41. The van der Waals surface area contributed by atoms with Crippen molar-refractivity contribution < 1.29 is 4.42 Å². The molecule has 4 nitrogen and oxygen atoms in total. The molecule has 0 N–H and O–H groups in total. The van der Waals surface area contributed by atoms with Crippen LogP contribution in [-0.4, -0.2) is 15.0 Å². The highest BCUT2D eigenvalue weighted by molar-refractivity contribution is 6.19. The molecule has 49 heavy (non-hydrogen) atoms. The number of aromatic nitrogens is 3. The van der Waals surface area contributed by atoms with Gasteiger partial charge in [0.05, 0.1) is 0 Å². The van der Waals surface area contributed by atoms with Crippen molar-refractivity contribution in [3.63, 3.8) is 0 Å². The molecule has 10 rings (SSSR count). The average Bonchev–Trinajstić information content (AvgIpc) is 3.56. The molecule has 0 fully saturated rings. The van der Waals surface area contributed by atoms with E-state index in [4.69, 9.17) is 19.4 Å². The van der Waals surface area contributed by atoms with E-state index >= 15 is 0 Å². The van der Waals surface area contributed by atoms with Crippen LogP contribution in [0.5, 0.6) is 0 Å². The molecule has 3 aromatic heterocycles. The first-order chi connectivity index (χ1) is 24.3. The Morgan fingerprint density at radius 1 is 0.347 bits per heavy atom. The van der Waals surface area contributed by atoms with Crippen molar-refractivity contribution in [3.8, 4) is 33.6 Å². The second-order valence-electron chi connectivity index (χ2n) is 12.4. The van der Waals surface area contributed by atoms with Crippen molar-refractivity contribution >= 4 is 65.6 Å². The lowest BCUT2D eigenvalue weighted by Gasteiger charge is -2.11. The highest BCUT2D eigenvalue weighted by atomic mass is 16.3. The van der Waals surface area contributed by atoms with Crippen molar-refractivity contribution in [2.24, 2.45) is 0 Å². The molecule has 0 unspecified atom stereocenters. The molecule has 3 heterocycles. The zero-order valence-electron chi connectivity index (χ0n) is 26.3. The molecular weight excluding hydrogens is 599 g/mol. The van der Waals surface area contributed by atoms with Gasteiger partial charge in [0.25, 0.3) is 0 Å². The first-order valence-electron chi connectivity index (χ1n) is 16.4. The lowest BCUT2D eigenvalue weighted by Crippen LogP contribution is -1.95. The van der Waals surface area contributed by atoms with Crippen LogP contribution >= 0.6 is 0 Å². The topological polar surface area (TPSA) is 51.8 Å². The molecule has 0 saturated heterocycles. The summed E-state index contributed by atoms with van der Waals surface area (Å²) >= 11 is 0. The lowest BCUT2D eigenvalue weighted by atomic mass is 9.94. The van der Waals surface area contributed by atoms with Crippen LogP contribution in [0.4, 0.5) is 0 Å². The lowest BCUT2D eigenvalue weighted by molar-refractivity contribution is 0.669. The van der Waals surface area contributed by atoms with Crippen LogP contribution in [0.15, 0.2) is 168 Å². The summed E-state index contributed by atoms with van der Waals surface area (Å²) < 4.78 is 6.40. The number of fused-ring (bicyclic) bond motifs is 10. The summed E-state index contributed by atoms with van der Waals surface area (Å²) in [5.41, 5.74) is 8.39. The molecule has 10 aromatic rings. The van der Waals surface area contributed by atoms with Gasteiger partial charge in [0.15, 0.2) is 17.1 Å². The van der Waals surface area contributed by atoms with Crippen molar-refractivity contribution in [3.05, 3.63) is 164 Å². The molecular formula is C45H27N3O. The van der Waals surface area contributed by atoms with Gasteiger partial charge < -0.3 is 4.42 Å². The minimum atomic E-state index is 0.607. The van der Waals surface area contributed by atoms with Crippen LogP contribution < -0.4 is 0 Å². The maximum Gasteiger partial charge on any atom is 0.164 e. The number of benzene rings is 7. The van der Waals surface area contributed by atoms with Crippen molar-refractivity contribution in [1.82, 2.24) is 15.0 Å². The Morgan fingerprint density at radius 3 is 1.84 bits per heavy atom. The second kappa shape index (κ2) is 11.0. The van der Waals surface area contributed by atoms with Crippen LogP contribution in [0.1, 0.15) is 0 Å². The van der Waals surface area contributed by atoms with Gasteiger partial charge in [0.1, 0.15) is 11.2 Å². The molecule has 228 valence electrons. The molecule has 0 aliphatic heterocycles. The van der Waals surface area contributed by atoms with E-state index in [0.717, 1.165) is 70.9 Å². The number of hydrogen-bond acceptors (Lipinski definition) is 4. The van der Waals surface area contributed by atoms with E-state index in [2.05, 4.69) is 146 Å². The van der Waals surface area contributed by atoms with Gasteiger partial charge in [-0.2, -0.15) is 0 Å². The third-order valence-electron chi connectivity index (χ3n) is 9.48. The normalized spacial score (nSPS) is 11.7. The van der Waals surface area contributed by atoms with Crippen LogP contribution in [0.2, 0.25) is 0 Å². The highest BCUT2D eigenvalue weighted by Gasteiger charge is 2.15. The number of furan rings is 1. The molecule has 0 saturated carbocycles. The Hall–Kier alpha value is -6.65. The zero-order valence-corrected chi connectivity index (χ0v) is 26.3. The number of rotatable bonds is 3. The average molecular weight is 626 g/mol. The fraction of sp³-hybridized carbons (Fsp3) is 0. The van der Waals surface area contributed by atoms with Gasteiger partial charge in [-0.15, -0.1) is 0 Å². The monoisotopic (exact) mass is 625 g/mol. The summed E-state index contributed by atoms with van der Waals surface area (Å²) in [6, 6.07) is 57.2. The first kappa shape index (κ1) is 27.5. The van der Waals surface area contributed by atoms with Crippen molar-refractivity contribution in [2.45, 2.75) is 0 Å². The fourth-order valence-corrected chi connectivity index (χ4v) is 7.18. The maximum atomic E-state index is 6.40. The Kier molecular flexibility index (Phi) is 6.15. The second-order valence-corrected chi connectivity index (χ2v) is 12.4. The Balaban J connectivity index is 1.31. The first-order valence-corrected chi connectivity index (χ1v) is 16.4. The third kappa shape index (κ3) is 4.57. The van der Waals surface area contributed by atoms with Crippen molar-refractivity contribution in [2.75, 3.05) is 0 Å². The summed E-state index contributed by atoms with van der Waals surface area (Å²) in [7, 11) is 0. The quantitative estimate of drug-likeness (QED) is 0.196. The Bertz CT molecular complexity index is 2950. The van der Waals surface area contributed by atoms with E-state index in [9.17, 15) is 0 Å². The molecule has 0 radical (unpaired) electrons. The molecule has 0 amide bonds. The van der Waals surface area contributed by atoms with Crippen LogP contribution in [0.3, 0.4) is 0 Å². The summed E-state index contributed by atoms with van der Waals surface area (Å²) in [4.78, 5) is 15.5. The Morgan fingerprint density at radius 2 is 0.980 bits per heavy atom. The highest BCUT2D eigenvalue weighted by Crippen LogP contribution is 2.37. The van der Waals surface area contributed by atoms with Gasteiger partial charge in [-0.1, -0.05) is 133 Å². The number of nitrogens with zero attached hydrogens (tertiary/aromatic N) is 3. The predicted molar refractivity (Wildman–Crippen MR) is 202 cm³/mol. The largest absolute Gasteiger partial charge is 0.456 e.